The summed E-state index contributed by atoms with van der Waals surface area (Å²) in [6.45, 7) is 8.15. The molecular formula is C16H24N2O4S. The molecule has 6 nitrogen and oxygen atoms in total. The Balaban J connectivity index is 2.14. The highest BCUT2D eigenvalue weighted by Gasteiger charge is 2.48. The van der Waals surface area contributed by atoms with Crippen molar-refractivity contribution in [1.29, 1.82) is 0 Å². The molecule has 0 saturated heterocycles. The van der Waals surface area contributed by atoms with Gasteiger partial charge in [0.15, 0.2) is 0 Å². The van der Waals surface area contributed by atoms with E-state index in [0.717, 1.165) is 12.0 Å². The van der Waals surface area contributed by atoms with Gasteiger partial charge in [-0.1, -0.05) is 30.2 Å². The van der Waals surface area contributed by atoms with Crippen molar-refractivity contribution in [1.82, 2.24) is 8.61 Å². The first-order valence-electron chi connectivity index (χ1n) is 7.78. The third kappa shape index (κ3) is 3.27. The van der Waals surface area contributed by atoms with Gasteiger partial charge in [0.1, 0.15) is 0 Å². The fourth-order valence-corrected chi connectivity index (χ4v) is 4.71. The molecule has 2 aliphatic rings. The lowest BCUT2D eigenvalue weighted by atomic mass is 9.63. The van der Waals surface area contributed by atoms with Crippen LogP contribution in [0.1, 0.15) is 25.7 Å². The van der Waals surface area contributed by atoms with Crippen molar-refractivity contribution in [3.63, 3.8) is 0 Å². The fourth-order valence-electron chi connectivity index (χ4n) is 3.21. The zero-order valence-electron chi connectivity index (χ0n) is 13.3. The molecule has 0 spiro atoms. The Bertz CT molecular complexity index is 610. The average Bonchev–Trinajstić information content (AvgIpc) is 2.46. The first kappa shape index (κ1) is 17.9. The number of carbonyl (C=O) groups is 1. The highest BCUT2D eigenvalue weighted by atomic mass is 32.2. The second-order valence-electron chi connectivity index (χ2n) is 5.98. The molecule has 0 bridgehead atoms. The van der Waals surface area contributed by atoms with Crippen LogP contribution in [0.5, 0.6) is 0 Å². The molecule has 0 amide bonds. The van der Waals surface area contributed by atoms with E-state index >= 15 is 0 Å². The Morgan fingerprint density at radius 2 is 1.96 bits per heavy atom. The van der Waals surface area contributed by atoms with Gasteiger partial charge in [-0.05, 0) is 19.3 Å². The van der Waals surface area contributed by atoms with Crippen LogP contribution in [0.15, 0.2) is 37.0 Å². The highest BCUT2D eigenvalue weighted by Crippen LogP contribution is 2.49. The molecule has 0 unspecified atom stereocenters. The molecule has 128 valence electrons. The summed E-state index contributed by atoms with van der Waals surface area (Å²) in [6.07, 6.45) is 7.56. The molecule has 2 rings (SSSR count). The third-order valence-corrected chi connectivity index (χ3v) is 6.66. The van der Waals surface area contributed by atoms with Crippen molar-refractivity contribution >= 4 is 16.2 Å². The summed E-state index contributed by atoms with van der Waals surface area (Å²) >= 11 is 0. The summed E-state index contributed by atoms with van der Waals surface area (Å²) in [5, 5.41) is 9.49. The van der Waals surface area contributed by atoms with E-state index in [1.54, 1.807) is 18.2 Å². The molecule has 1 heterocycles. The van der Waals surface area contributed by atoms with Gasteiger partial charge in [-0.3, -0.25) is 4.79 Å². The van der Waals surface area contributed by atoms with Crippen LogP contribution in [-0.2, 0) is 15.0 Å². The van der Waals surface area contributed by atoms with Crippen molar-refractivity contribution in [2.24, 2.45) is 5.41 Å². The standard InChI is InChI=1S/C16H24N2O4S/c1-3-10-17(11-4-2)23(21,22)18-12-6-14(7-13-18)16(15(19)20)8-5-9-16/h3-4,6H,1-2,5,7-13H2,(H,19,20). The molecule has 23 heavy (non-hydrogen) atoms. The summed E-state index contributed by atoms with van der Waals surface area (Å²) in [6, 6.07) is 0. The average molecular weight is 340 g/mol. The predicted octanol–water partition coefficient (Wildman–Crippen LogP) is 1.79. The molecule has 1 N–H and O–H groups in total. The number of hydrogen-bond acceptors (Lipinski definition) is 3. The van der Waals surface area contributed by atoms with Crippen LogP contribution in [0.2, 0.25) is 0 Å². The lowest BCUT2D eigenvalue weighted by Gasteiger charge is -2.42. The molecule has 1 fully saturated rings. The van der Waals surface area contributed by atoms with Gasteiger partial charge in [-0.25, -0.2) is 0 Å². The lowest BCUT2D eigenvalue weighted by molar-refractivity contribution is -0.151. The maximum absolute atomic E-state index is 12.7. The third-order valence-electron chi connectivity index (χ3n) is 4.72. The Morgan fingerprint density at radius 3 is 2.30 bits per heavy atom. The Morgan fingerprint density at radius 1 is 1.35 bits per heavy atom. The predicted molar refractivity (Wildman–Crippen MR) is 89.1 cm³/mol. The van der Waals surface area contributed by atoms with Gasteiger partial charge in [0, 0.05) is 26.2 Å². The van der Waals surface area contributed by atoms with Crippen molar-refractivity contribution in [3.05, 3.63) is 37.0 Å². The van der Waals surface area contributed by atoms with Gasteiger partial charge in [-0.15, -0.1) is 13.2 Å². The quantitative estimate of drug-likeness (QED) is 0.683. The van der Waals surface area contributed by atoms with Gasteiger partial charge in [-0.2, -0.15) is 17.0 Å². The molecule has 0 atom stereocenters. The smallest absolute Gasteiger partial charge is 0.313 e. The summed E-state index contributed by atoms with van der Waals surface area (Å²) in [7, 11) is -3.59. The maximum atomic E-state index is 12.7. The lowest BCUT2D eigenvalue weighted by Crippen LogP contribution is -2.48. The normalized spacial score (nSPS) is 21.3. The second-order valence-corrected chi connectivity index (χ2v) is 7.91. The van der Waals surface area contributed by atoms with Gasteiger partial charge < -0.3 is 5.11 Å². The first-order chi connectivity index (χ1) is 10.9. The van der Waals surface area contributed by atoms with Crippen LogP contribution < -0.4 is 0 Å². The number of rotatable bonds is 8. The number of carboxylic acids is 1. The zero-order valence-corrected chi connectivity index (χ0v) is 14.1. The maximum Gasteiger partial charge on any atom is 0.313 e. The molecule has 7 heteroatoms. The van der Waals surface area contributed by atoms with E-state index in [9.17, 15) is 18.3 Å². The molecule has 1 aliphatic heterocycles. The van der Waals surface area contributed by atoms with E-state index in [-0.39, 0.29) is 19.6 Å². The first-order valence-corrected chi connectivity index (χ1v) is 9.18. The molecule has 1 aliphatic carbocycles. The minimum Gasteiger partial charge on any atom is -0.481 e. The molecule has 1 saturated carbocycles. The Kier molecular flexibility index (Phi) is 5.44. The summed E-state index contributed by atoms with van der Waals surface area (Å²) in [5.41, 5.74) is 0.124. The van der Waals surface area contributed by atoms with Crippen LogP contribution in [0.25, 0.3) is 0 Å². The Hall–Kier alpha value is -1.44. The van der Waals surface area contributed by atoms with Crippen molar-refractivity contribution < 1.29 is 18.3 Å². The molecule has 0 radical (unpaired) electrons. The van der Waals surface area contributed by atoms with E-state index in [1.165, 1.54) is 8.61 Å². The van der Waals surface area contributed by atoms with Gasteiger partial charge in [0.05, 0.1) is 5.41 Å². The van der Waals surface area contributed by atoms with E-state index in [1.807, 2.05) is 0 Å². The minimum atomic E-state index is -3.59. The van der Waals surface area contributed by atoms with E-state index in [4.69, 9.17) is 0 Å². The summed E-state index contributed by atoms with van der Waals surface area (Å²) in [4.78, 5) is 11.6. The van der Waals surface area contributed by atoms with Crippen molar-refractivity contribution in [2.45, 2.75) is 25.7 Å². The van der Waals surface area contributed by atoms with Gasteiger partial charge in [0.25, 0.3) is 10.2 Å². The van der Waals surface area contributed by atoms with Crippen molar-refractivity contribution in [3.8, 4) is 0 Å². The van der Waals surface area contributed by atoms with Gasteiger partial charge in [0.2, 0.25) is 0 Å². The highest BCUT2D eigenvalue weighted by molar-refractivity contribution is 7.86. The molecular weight excluding hydrogens is 316 g/mol. The topological polar surface area (TPSA) is 77.9 Å². The van der Waals surface area contributed by atoms with E-state index in [0.29, 0.717) is 25.8 Å². The van der Waals surface area contributed by atoms with Crippen LogP contribution in [0.3, 0.4) is 0 Å². The molecule has 0 aromatic carbocycles. The summed E-state index contributed by atoms with van der Waals surface area (Å²) < 4.78 is 28.0. The number of aliphatic carboxylic acids is 1. The molecule has 0 aromatic heterocycles. The SMILES string of the molecule is C=CCN(CC=C)S(=O)(=O)N1CC=C(C2(C(=O)O)CCC2)CC1. The zero-order chi connectivity index (χ0) is 17.1. The summed E-state index contributed by atoms with van der Waals surface area (Å²) in [5.74, 6) is -0.786. The fraction of sp³-hybridized carbons (Fsp3) is 0.562. The number of nitrogens with zero attached hydrogens (tertiary/aromatic N) is 2. The molecule has 0 aromatic rings. The van der Waals surface area contributed by atoms with Gasteiger partial charge >= 0.3 is 5.97 Å². The van der Waals surface area contributed by atoms with Crippen molar-refractivity contribution in [2.75, 3.05) is 26.2 Å². The van der Waals surface area contributed by atoms with Crippen LogP contribution in [0.4, 0.5) is 0 Å². The number of hydrogen-bond donors (Lipinski definition) is 1. The minimum absolute atomic E-state index is 0.220. The number of carboxylic acid groups (broad SMARTS) is 1. The monoisotopic (exact) mass is 340 g/mol. The largest absolute Gasteiger partial charge is 0.481 e. The van der Waals surface area contributed by atoms with Crippen LogP contribution >= 0.6 is 0 Å². The Labute approximate surface area is 138 Å². The van der Waals surface area contributed by atoms with E-state index < -0.39 is 21.6 Å². The van der Waals surface area contributed by atoms with Crippen LogP contribution in [-0.4, -0.2) is 54.3 Å². The van der Waals surface area contributed by atoms with E-state index in [2.05, 4.69) is 13.2 Å². The van der Waals surface area contributed by atoms with Crippen LogP contribution in [0, 0.1) is 5.41 Å². The second kappa shape index (κ2) is 6.98.